The van der Waals surface area contributed by atoms with Gasteiger partial charge in [0.25, 0.3) is 5.69 Å². The van der Waals surface area contributed by atoms with Gasteiger partial charge in [0.2, 0.25) is 0 Å². The van der Waals surface area contributed by atoms with Crippen molar-refractivity contribution in [3.05, 3.63) is 33.9 Å². The summed E-state index contributed by atoms with van der Waals surface area (Å²) in [7, 11) is 0. The quantitative estimate of drug-likeness (QED) is 0.584. The van der Waals surface area contributed by atoms with Crippen molar-refractivity contribution < 1.29 is 4.92 Å². The second-order valence-electron chi connectivity index (χ2n) is 5.30. The first-order valence-corrected chi connectivity index (χ1v) is 5.42. The minimum absolute atomic E-state index is 0.119. The van der Waals surface area contributed by atoms with E-state index in [1.807, 2.05) is 6.07 Å². The highest BCUT2D eigenvalue weighted by Gasteiger charge is 2.35. The third-order valence-corrected chi connectivity index (χ3v) is 3.18. The molecule has 4 nitrogen and oxygen atoms in total. The second-order valence-corrected chi connectivity index (χ2v) is 5.30. The van der Waals surface area contributed by atoms with Crippen molar-refractivity contribution in [1.82, 2.24) is 0 Å². The van der Waals surface area contributed by atoms with Crippen LogP contribution in [0.5, 0.6) is 0 Å². The molecule has 1 aromatic rings. The minimum Gasteiger partial charge on any atom is -0.379 e. The lowest BCUT2D eigenvalue weighted by Gasteiger charge is -2.26. The summed E-state index contributed by atoms with van der Waals surface area (Å²) < 4.78 is 0. The van der Waals surface area contributed by atoms with Crippen LogP contribution in [-0.2, 0) is 0 Å². The number of nitro groups is 1. The number of benzene rings is 1. The normalized spacial score (nSPS) is 19.1. The number of rotatable bonds is 1. The Balaban J connectivity index is 2.50. The van der Waals surface area contributed by atoms with Gasteiger partial charge in [0.05, 0.1) is 4.92 Å². The zero-order valence-corrected chi connectivity index (χ0v) is 9.78. The first-order valence-electron chi connectivity index (χ1n) is 5.42. The Morgan fingerprint density at radius 1 is 1.44 bits per heavy atom. The summed E-state index contributed by atoms with van der Waals surface area (Å²) in [6.07, 6.45) is 0. The molecule has 16 heavy (non-hydrogen) atoms. The molecule has 0 spiro atoms. The molecule has 2 rings (SSSR count). The number of nitrogens with one attached hydrogen (secondary N) is 1. The smallest absolute Gasteiger partial charge is 0.292 e. The van der Waals surface area contributed by atoms with E-state index in [1.54, 1.807) is 12.1 Å². The maximum absolute atomic E-state index is 10.9. The third-order valence-electron chi connectivity index (χ3n) is 3.18. The van der Waals surface area contributed by atoms with Crippen molar-refractivity contribution in [2.24, 2.45) is 5.41 Å². The van der Waals surface area contributed by atoms with Gasteiger partial charge in [-0.2, -0.15) is 0 Å². The molecular formula is C12H16N2O2. The summed E-state index contributed by atoms with van der Waals surface area (Å²) in [4.78, 5) is 10.6. The maximum atomic E-state index is 10.9. The first kappa shape index (κ1) is 10.9. The predicted molar refractivity (Wildman–Crippen MR) is 63.8 cm³/mol. The van der Waals surface area contributed by atoms with E-state index in [-0.39, 0.29) is 16.0 Å². The van der Waals surface area contributed by atoms with Gasteiger partial charge in [-0.15, -0.1) is 0 Å². The molecule has 4 heteroatoms. The molecule has 0 saturated heterocycles. The van der Waals surface area contributed by atoms with E-state index in [1.165, 1.54) is 0 Å². The summed E-state index contributed by atoms with van der Waals surface area (Å²) in [6.45, 7) is 7.26. The zero-order chi connectivity index (χ0) is 11.9. The van der Waals surface area contributed by atoms with Crippen molar-refractivity contribution in [2.45, 2.75) is 26.7 Å². The Hall–Kier alpha value is -1.58. The average molecular weight is 220 g/mol. The Morgan fingerprint density at radius 3 is 2.69 bits per heavy atom. The summed E-state index contributed by atoms with van der Waals surface area (Å²) in [5.41, 5.74) is 2.08. The van der Waals surface area contributed by atoms with Crippen molar-refractivity contribution >= 4 is 11.4 Å². The van der Waals surface area contributed by atoms with Crippen LogP contribution in [0.15, 0.2) is 18.2 Å². The molecule has 1 aliphatic heterocycles. The Morgan fingerprint density at radius 2 is 2.12 bits per heavy atom. The van der Waals surface area contributed by atoms with Crippen molar-refractivity contribution in [1.29, 1.82) is 0 Å². The fourth-order valence-electron chi connectivity index (χ4n) is 2.28. The van der Waals surface area contributed by atoms with E-state index in [0.29, 0.717) is 11.6 Å². The lowest BCUT2D eigenvalue weighted by molar-refractivity contribution is -0.383. The molecule has 1 aliphatic rings. The van der Waals surface area contributed by atoms with Crippen LogP contribution >= 0.6 is 0 Å². The van der Waals surface area contributed by atoms with E-state index in [4.69, 9.17) is 0 Å². The van der Waals surface area contributed by atoms with Gasteiger partial charge in [0.15, 0.2) is 0 Å². The average Bonchev–Trinajstić information content (AvgIpc) is 2.59. The monoisotopic (exact) mass is 220 g/mol. The summed E-state index contributed by atoms with van der Waals surface area (Å²) in [5, 5.41) is 14.0. The Kier molecular flexibility index (Phi) is 2.37. The predicted octanol–water partition coefficient (Wildman–Crippen LogP) is 3.15. The molecular weight excluding hydrogens is 204 g/mol. The van der Waals surface area contributed by atoms with E-state index >= 15 is 0 Å². The highest BCUT2D eigenvalue weighted by Crippen LogP contribution is 2.45. The van der Waals surface area contributed by atoms with Crippen LogP contribution in [0.4, 0.5) is 11.4 Å². The Labute approximate surface area is 94.8 Å². The third kappa shape index (κ3) is 1.64. The van der Waals surface area contributed by atoms with Crippen LogP contribution in [0.25, 0.3) is 0 Å². The molecule has 0 aromatic heterocycles. The number of hydrogen-bond acceptors (Lipinski definition) is 3. The lowest BCUT2D eigenvalue weighted by Crippen LogP contribution is -2.19. The van der Waals surface area contributed by atoms with Gasteiger partial charge in [0, 0.05) is 18.5 Å². The number of para-hydroxylation sites is 1. The molecule has 0 bridgehead atoms. The molecule has 0 radical (unpaired) electrons. The van der Waals surface area contributed by atoms with Crippen LogP contribution in [-0.4, -0.2) is 11.5 Å². The highest BCUT2D eigenvalue weighted by atomic mass is 16.6. The van der Waals surface area contributed by atoms with Crippen LogP contribution in [0.1, 0.15) is 32.3 Å². The van der Waals surface area contributed by atoms with Crippen LogP contribution in [0, 0.1) is 15.5 Å². The minimum atomic E-state index is -0.323. The molecule has 0 fully saturated rings. The largest absolute Gasteiger partial charge is 0.379 e. The molecule has 0 amide bonds. The maximum Gasteiger partial charge on any atom is 0.292 e. The molecule has 1 N–H and O–H groups in total. The van der Waals surface area contributed by atoms with Crippen molar-refractivity contribution in [3.63, 3.8) is 0 Å². The number of hydrogen-bond donors (Lipinski definition) is 1. The topological polar surface area (TPSA) is 55.2 Å². The van der Waals surface area contributed by atoms with Crippen LogP contribution in [0.3, 0.4) is 0 Å². The molecule has 1 aromatic carbocycles. The van der Waals surface area contributed by atoms with Crippen LogP contribution in [0.2, 0.25) is 0 Å². The van der Waals surface area contributed by atoms with Gasteiger partial charge in [-0.05, 0) is 11.0 Å². The number of fused-ring (bicyclic) bond motifs is 1. The second kappa shape index (κ2) is 3.47. The molecule has 1 heterocycles. The van der Waals surface area contributed by atoms with Gasteiger partial charge >= 0.3 is 0 Å². The van der Waals surface area contributed by atoms with Gasteiger partial charge < -0.3 is 5.32 Å². The van der Waals surface area contributed by atoms with Gasteiger partial charge in [-0.1, -0.05) is 32.9 Å². The number of nitrogens with zero attached hydrogens (tertiary/aromatic N) is 1. The van der Waals surface area contributed by atoms with Gasteiger partial charge in [-0.25, -0.2) is 0 Å². The van der Waals surface area contributed by atoms with Crippen molar-refractivity contribution in [3.8, 4) is 0 Å². The number of anilines is 1. The molecule has 0 saturated carbocycles. The van der Waals surface area contributed by atoms with E-state index in [2.05, 4.69) is 26.1 Å². The van der Waals surface area contributed by atoms with E-state index in [9.17, 15) is 10.1 Å². The molecule has 1 atom stereocenters. The molecule has 0 aliphatic carbocycles. The van der Waals surface area contributed by atoms with Crippen LogP contribution < -0.4 is 5.32 Å². The summed E-state index contributed by atoms with van der Waals surface area (Å²) in [5.74, 6) is 0.336. The van der Waals surface area contributed by atoms with Gasteiger partial charge in [-0.3, -0.25) is 10.1 Å². The standard InChI is InChI=1S/C12H16N2O2/c1-12(2,3)9-7-13-11-8(9)5-4-6-10(11)14(15)16/h4-6,9,13H,7H2,1-3H3. The fraction of sp³-hybridized carbons (Fsp3) is 0.500. The summed E-state index contributed by atoms with van der Waals surface area (Å²) in [6, 6.07) is 5.30. The SMILES string of the molecule is CC(C)(C)C1CNc2c1cccc2[N+](=O)[O-]. The van der Waals surface area contributed by atoms with Gasteiger partial charge in [0.1, 0.15) is 5.69 Å². The number of nitro benzene ring substituents is 1. The zero-order valence-electron chi connectivity index (χ0n) is 9.78. The van der Waals surface area contributed by atoms with Crippen molar-refractivity contribution in [2.75, 3.05) is 11.9 Å². The summed E-state index contributed by atoms with van der Waals surface area (Å²) >= 11 is 0. The fourth-order valence-corrected chi connectivity index (χ4v) is 2.28. The highest BCUT2D eigenvalue weighted by molar-refractivity contribution is 5.70. The van der Waals surface area contributed by atoms with E-state index < -0.39 is 0 Å². The van der Waals surface area contributed by atoms with E-state index in [0.717, 1.165) is 12.1 Å². The molecule has 1 unspecified atom stereocenters. The lowest BCUT2D eigenvalue weighted by atomic mass is 9.77. The molecule has 86 valence electrons. The first-order chi connectivity index (χ1) is 7.41. The Bertz CT molecular complexity index is 435.